The fourth-order valence-corrected chi connectivity index (χ4v) is 4.11. The van der Waals surface area contributed by atoms with E-state index in [-0.39, 0.29) is 5.82 Å². The summed E-state index contributed by atoms with van der Waals surface area (Å²) in [4.78, 5) is 14.2. The van der Waals surface area contributed by atoms with Gasteiger partial charge >= 0.3 is 0 Å². The third-order valence-corrected chi connectivity index (χ3v) is 5.88. The zero-order valence-corrected chi connectivity index (χ0v) is 18.6. The molecule has 1 aliphatic heterocycles. The second kappa shape index (κ2) is 8.26. The van der Waals surface area contributed by atoms with Gasteiger partial charge in [0.15, 0.2) is 0 Å². The molecule has 0 atom stereocenters. The van der Waals surface area contributed by atoms with Crippen LogP contribution in [0.2, 0.25) is 0 Å². The first kappa shape index (κ1) is 20.4. The number of methoxy groups -OCH3 is 1. The van der Waals surface area contributed by atoms with Crippen molar-refractivity contribution in [3.05, 3.63) is 90.2 Å². The molecule has 2 aromatic carbocycles. The number of halogens is 1. The van der Waals surface area contributed by atoms with Crippen molar-refractivity contribution in [3.8, 4) is 23.0 Å². The summed E-state index contributed by atoms with van der Waals surface area (Å²) in [5.74, 6) is 0.237. The molecule has 3 aromatic rings. The highest BCUT2D eigenvalue weighted by atomic mass is 19.1. The lowest BCUT2D eigenvalue weighted by Crippen LogP contribution is -2.16. The van der Waals surface area contributed by atoms with Crippen LogP contribution in [-0.4, -0.2) is 27.7 Å². The SMILES string of the molecule is COc1ncccc1Nc1cc2nc3ccccc3n(-c3ccc(F)cc3)c-2c/c1=N/C1CC1. The van der Waals surface area contributed by atoms with Crippen LogP contribution in [0.15, 0.2) is 84.0 Å². The Balaban J connectivity index is 1.63. The van der Waals surface area contributed by atoms with Crippen molar-refractivity contribution in [1.82, 2.24) is 14.5 Å². The molecule has 6 nitrogen and oxygen atoms in total. The number of hydrogen-bond acceptors (Lipinski definition) is 5. The smallest absolute Gasteiger partial charge is 0.237 e. The van der Waals surface area contributed by atoms with Gasteiger partial charge in [-0.2, -0.15) is 0 Å². The Bertz CT molecular complexity index is 1540. The van der Waals surface area contributed by atoms with Crippen molar-refractivity contribution >= 4 is 22.4 Å². The van der Waals surface area contributed by atoms with Gasteiger partial charge in [-0.3, -0.25) is 4.99 Å². The fourth-order valence-electron chi connectivity index (χ4n) is 4.11. The highest BCUT2D eigenvalue weighted by Gasteiger charge is 2.22. The first-order valence-electron chi connectivity index (χ1n) is 11.2. The Morgan fingerprint density at radius 3 is 2.62 bits per heavy atom. The normalized spacial score (nSPS) is 14.0. The average Bonchev–Trinajstić information content (AvgIpc) is 3.68. The standard InChI is InChI=1S/C27H22FN5O/c1-34-27-21(6-4-14-29-27)32-22-15-24-26(16-23(22)30-18-10-11-18)33(19-12-8-17(28)9-13-19)25-7-3-2-5-20(25)31-24/h2-9,12-16,18,32H,10-11H2,1H3/b30-23-. The molecule has 1 aromatic heterocycles. The lowest BCUT2D eigenvalue weighted by molar-refractivity contribution is 0.400. The molecule has 7 heteroatoms. The van der Waals surface area contributed by atoms with Gasteiger partial charge in [0.05, 0.1) is 46.6 Å². The van der Waals surface area contributed by atoms with E-state index in [0.29, 0.717) is 11.9 Å². The van der Waals surface area contributed by atoms with Gasteiger partial charge in [-0.1, -0.05) is 12.1 Å². The van der Waals surface area contributed by atoms with E-state index in [2.05, 4.69) is 20.9 Å². The monoisotopic (exact) mass is 451 g/mol. The Morgan fingerprint density at radius 2 is 1.82 bits per heavy atom. The maximum atomic E-state index is 13.7. The molecule has 0 spiro atoms. The number of nitrogens with one attached hydrogen (secondary N) is 1. The van der Waals surface area contributed by atoms with E-state index in [4.69, 9.17) is 14.7 Å². The molecular formula is C27H22FN5O. The molecule has 2 heterocycles. The molecule has 2 aliphatic carbocycles. The maximum absolute atomic E-state index is 13.7. The third-order valence-electron chi connectivity index (χ3n) is 5.88. The summed E-state index contributed by atoms with van der Waals surface area (Å²) < 4.78 is 21.2. The minimum absolute atomic E-state index is 0.270. The minimum atomic E-state index is -0.270. The highest BCUT2D eigenvalue weighted by molar-refractivity contribution is 5.84. The molecule has 1 saturated carbocycles. The van der Waals surface area contributed by atoms with Crippen molar-refractivity contribution in [1.29, 1.82) is 0 Å². The molecule has 1 N–H and O–H groups in total. The van der Waals surface area contributed by atoms with Crippen LogP contribution < -0.4 is 15.4 Å². The molecule has 0 radical (unpaired) electrons. The number of rotatable bonds is 5. The quantitative estimate of drug-likeness (QED) is 0.360. The second-order valence-electron chi connectivity index (χ2n) is 8.32. The number of fused-ring (bicyclic) bond motifs is 2. The van der Waals surface area contributed by atoms with Crippen molar-refractivity contribution < 1.29 is 9.13 Å². The van der Waals surface area contributed by atoms with Crippen molar-refractivity contribution in [2.45, 2.75) is 18.9 Å². The largest absolute Gasteiger partial charge is 0.480 e. The molecule has 168 valence electrons. The van der Waals surface area contributed by atoms with E-state index in [9.17, 15) is 4.39 Å². The van der Waals surface area contributed by atoms with Gasteiger partial charge in [-0.05, 0) is 73.5 Å². The van der Waals surface area contributed by atoms with Crippen molar-refractivity contribution in [2.24, 2.45) is 4.99 Å². The van der Waals surface area contributed by atoms with E-state index in [0.717, 1.165) is 57.7 Å². The van der Waals surface area contributed by atoms with Crippen molar-refractivity contribution in [2.75, 3.05) is 12.4 Å². The fraction of sp³-hybridized carbons (Fsp3) is 0.148. The topological polar surface area (TPSA) is 64.3 Å². The van der Waals surface area contributed by atoms with Crippen LogP contribution >= 0.6 is 0 Å². The van der Waals surface area contributed by atoms with Crippen LogP contribution in [0, 0.1) is 5.82 Å². The van der Waals surface area contributed by atoms with Crippen LogP contribution in [0.4, 0.5) is 15.8 Å². The highest BCUT2D eigenvalue weighted by Crippen LogP contribution is 2.32. The first-order valence-corrected chi connectivity index (χ1v) is 11.2. The molecule has 0 unspecified atom stereocenters. The van der Waals surface area contributed by atoms with Crippen molar-refractivity contribution in [3.63, 3.8) is 0 Å². The van der Waals surface area contributed by atoms with Gasteiger partial charge in [-0.15, -0.1) is 0 Å². The van der Waals surface area contributed by atoms with E-state index in [1.54, 1.807) is 25.4 Å². The summed E-state index contributed by atoms with van der Waals surface area (Å²) in [7, 11) is 1.60. The Morgan fingerprint density at radius 1 is 1.00 bits per heavy atom. The van der Waals surface area contributed by atoms with E-state index in [1.807, 2.05) is 42.5 Å². The zero-order chi connectivity index (χ0) is 23.1. The molecule has 0 saturated heterocycles. The van der Waals surface area contributed by atoms with Gasteiger partial charge in [-0.25, -0.2) is 14.4 Å². The zero-order valence-electron chi connectivity index (χ0n) is 18.6. The number of hydrogen-bond donors (Lipinski definition) is 1. The Labute approximate surface area is 195 Å². The average molecular weight is 452 g/mol. The summed E-state index contributed by atoms with van der Waals surface area (Å²) >= 11 is 0. The number of benzene rings is 3. The van der Waals surface area contributed by atoms with Gasteiger partial charge in [0.1, 0.15) is 11.5 Å². The lowest BCUT2D eigenvalue weighted by Gasteiger charge is -2.20. The number of pyridine rings is 1. The number of para-hydroxylation sites is 2. The minimum Gasteiger partial charge on any atom is -0.480 e. The second-order valence-corrected chi connectivity index (χ2v) is 8.32. The predicted octanol–water partition coefficient (Wildman–Crippen LogP) is 5.48. The van der Waals surface area contributed by atoms with E-state index < -0.39 is 0 Å². The maximum Gasteiger partial charge on any atom is 0.237 e. The number of nitrogens with zero attached hydrogens (tertiary/aromatic N) is 4. The Kier molecular flexibility index (Phi) is 4.95. The van der Waals surface area contributed by atoms with Gasteiger partial charge in [0.2, 0.25) is 5.88 Å². The van der Waals surface area contributed by atoms with E-state index in [1.165, 1.54) is 12.1 Å². The molecule has 0 bridgehead atoms. The molecule has 0 amide bonds. The van der Waals surface area contributed by atoms with Gasteiger partial charge in [0, 0.05) is 11.9 Å². The molecular weight excluding hydrogens is 429 g/mol. The molecule has 3 aliphatic rings. The van der Waals surface area contributed by atoms with Crippen LogP contribution in [0.3, 0.4) is 0 Å². The van der Waals surface area contributed by atoms with Crippen LogP contribution in [0.25, 0.3) is 28.1 Å². The summed E-state index contributed by atoms with van der Waals surface area (Å²) in [6, 6.07) is 22.6. The lowest BCUT2D eigenvalue weighted by atomic mass is 10.1. The Hall–Kier alpha value is -4.26. The van der Waals surface area contributed by atoms with Gasteiger partial charge in [0.25, 0.3) is 0 Å². The first-order chi connectivity index (χ1) is 16.7. The number of ether oxygens (including phenoxy) is 1. The summed E-state index contributed by atoms with van der Waals surface area (Å²) in [5.41, 5.74) is 5.92. The summed E-state index contributed by atoms with van der Waals surface area (Å²) in [6.07, 6.45) is 3.86. The predicted molar refractivity (Wildman–Crippen MR) is 130 cm³/mol. The van der Waals surface area contributed by atoms with Crippen LogP contribution in [0.5, 0.6) is 5.88 Å². The van der Waals surface area contributed by atoms with Crippen LogP contribution in [-0.2, 0) is 0 Å². The number of aromatic nitrogens is 3. The molecule has 1 fully saturated rings. The third kappa shape index (κ3) is 3.75. The van der Waals surface area contributed by atoms with E-state index >= 15 is 0 Å². The molecule has 6 rings (SSSR count). The van der Waals surface area contributed by atoms with Gasteiger partial charge < -0.3 is 14.6 Å². The summed E-state index contributed by atoms with van der Waals surface area (Å²) in [6.45, 7) is 0. The summed E-state index contributed by atoms with van der Waals surface area (Å²) in [5, 5.41) is 4.29. The number of anilines is 2. The van der Waals surface area contributed by atoms with Crippen LogP contribution in [0.1, 0.15) is 12.8 Å². The molecule has 34 heavy (non-hydrogen) atoms.